The van der Waals surface area contributed by atoms with Crippen LogP contribution in [0.5, 0.6) is 0 Å². The predicted molar refractivity (Wildman–Crippen MR) is 70.3 cm³/mol. The highest BCUT2D eigenvalue weighted by Crippen LogP contribution is 2.30. The van der Waals surface area contributed by atoms with Crippen molar-refractivity contribution < 1.29 is 31.5 Å². The first-order valence-electron chi connectivity index (χ1n) is 6.05. The van der Waals surface area contributed by atoms with Crippen LogP contribution in [-0.4, -0.2) is 24.7 Å². The molecule has 0 bridgehead atoms. The molecule has 1 atom stereocenters. The first kappa shape index (κ1) is 17.5. The molecule has 0 aliphatic carbocycles. The summed E-state index contributed by atoms with van der Waals surface area (Å²) in [4.78, 5) is 11.0. The van der Waals surface area contributed by atoms with E-state index in [0.717, 1.165) is 18.2 Å². The number of carboxylic acids is 1. The summed E-state index contributed by atoms with van der Waals surface area (Å²) < 4.78 is 61.9. The van der Waals surface area contributed by atoms with Crippen LogP contribution >= 0.6 is 0 Å². The fraction of sp³-hybridized carbons (Fsp3) is 0.462. The molecular weight excluding hydrogens is 309 g/mol. The third-order valence-electron chi connectivity index (χ3n) is 2.86. The quantitative estimate of drug-likeness (QED) is 0.904. The van der Waals surface area contributed by atoms with Gasteiger partial charge in [-0.05, 0) is 17.5 Å². The molecule has 1 aromatic carbocycles. The lowest BCUT2D eigenvalue weighted by atomic mass is 10.1. The molecule has 0 saturated carbocycles. The van der Waals surface area contributed by atoms with Gasteiger partial charge in [0.1, 0.15) is 0 Å². The Morgan fingerprint density at radius 1 is 1.29 bits per heavy atom. The third kappa shape index (κ3) is 4.45. The van der Waals surface area contributed by atoms with Crippen LogP contribution in [0.1, 0.15) is 25.0 Å². The molecule has 0 radical (unpaired) electrons. The maximum atomic E-state index is 12.6. The van der Waals surface area contributed by atoms with E-state index in [1.165, 1.54) is 19.9 Å². The van der Waals surface area contributed by atoms with Crippen LogP contribution in [0.25, 0.3) is 0 Å². The van der Waals surface area contributed by atoms with Crippen molar-refractivity contribution in [2.45, 2.75) is 31.0 Å². The molecule has 21 heavy (non-hydrogen) atoms. The van der Waals surface area contributed by atoms with E-state index in [2.05, 4.69) is 0 Å². The summed E-state index contributed by atoms with van der Waals surface area (Å²) in [5.41, 5.74) is -1.05. The Balaban J connectivity index is 3.13. The van der Waals surface area contributed by atoms with Crippen LogP contribution in [0, 0.1) is 5.92 Å². The van der Waals surface area contributed by atoms with Crippen molar-refractivity contribution in [1.29, 1.82) is 0 Å². The number of aliphatic carboxylic acids is 1. The van der Waals surface area contributed by atoms with Gasteiger partial charge in [0, 0.05) is 0 Å². The smallest absolute Gasteiger partial charge is 0.416 e. The zero-order valence-electron chi connectivity index (χ0n) is 11.4. The lowest BCUT2D eigenvalue weighted by Crippen LogP contribution is -2.35. The molecule has 0 heterocycles. The molecule has 1 rings (SSSR count). The summed E-state index contributed by atoms with van der Waals surface area (Å²) in [6.45, 7) is 2.87. The minimum atomic E-state index is -4.58. The molecule has 1 unspecified atom stereocenters. The van der Waals surface area contributed by atoms with Gasteiger partial charge in [0.05, 0.1) is 11.3 Å². The number of sulfone groups is 1. The number of carbonyl (C=O) groups is 1. The number of benzene rings is 1. The van der Waals surface area contributed by atoms with E-state index in [-0.39, 0.29) is 5.56 Å². The lowest BCUT2D eigenvalue weighted by Gasteiger charge is -2.17. The van der Waals surface area contributed by atoms with Gasteiger partial charge in [-0.3, -0.25) is 4.79 Å². The molecule has 4 nitrogen and oxygen atoms in total. The van der Waals surface area contributed by atoms with Gasteiger partial charge in [-0.25, -0.2) is 8.42 Å². The van der Waals surface area contributed by atoms with Crippen molar-refractivity contribution in [3.8, 4) is 0 Å². The minimum Gasteiger partial charge on any atom is -0.480 e. The first-order valence-corrected chi connectivity index (χ1v) is 7.77. The second-order valence-electron chi connectivity index (χ2n) is 5.01. The first-order chi connectivity index (χ1) is 9.45. The molecule has 8 heteroatoms. The third-order valence-corrected chi connectivity index (χ3v) is 5.11. The summed E-state index contributed by atoms with van der Waals surface area (Å²) in [5.74, 6) is -2.93. The second-order valence-corrected chi connectivity index (χ2v) is 7.13. The van der Waals surface area contributed by atoms with Gasteiger partial charge in [-0.1, -0.05) is 32.0 Å². The number of alkyl halides is 3. The maximum absolute atomic E-state index is 12.6. The Kier molecular flexibility index (Phi) is 5.03. The van der Waals surface area contributed by atoms with Gasteiger partial charge in [-0.2, -0.15) is 13.2 Å². The van der Waals surface area contributed by atoms with Gasteiger partial charge in [0.15, 0.2) is 15.1 Å². The summed E-state index contributed by atoms with van der Waals surface area (Å²) in [5, 5.41) is 7.34. The normalized spacial score (nSPS) is 14.2. The topological polar surface area (TPSA) is 71.4 Å². The van der Waals surface area contributed by atoms with E-state index >= 15 is 0 Å². The van der Waals surface area contributed by atoms with Crippen molar-refractivity contribution in [1.82, 2.24) is 0 Å². The van der Waals surface area contributed by atoms with Gasteiger partial charge < -0.3 is 5.11 Å². The van der Waals surface area contributed by atoms with Crippen LogP contribution in [0.15, 0.2) is 24.3 Å². The van der Waals surface area contributed by atoms with Crippen molar-refractivity contribution in [3.05, 3.63) is 35.4 Å². The fourth-order valence-electron chi connectivity index (χ4n) is 2.01. The zero-order chi connectivity index (χ0) is 16.4. The molecule has 0 saturated heterocycles. The average Bonchev–Trinajstić information content (AvgIpc) is 2.25. The highest BCUT2D eigenvalue weighted by molar-refractivity contribution is 7.92. The van der Waals surface area contributed by atoms with E-state index in [4.69, 9.17) is 5.11 Å². The lowest BCUT2D eigenvalue weighted by molar-refractivity contribution is -0.138. The number of halogens is 3. The Hall–Kier alpha value is -1.57. The number of hydrogen-bond acceptors (Lipinski definition) is 3. The van der Waals surface area contributed by atoms with Gasteiger partial charge in [0.2, 0.25) is 0 Å². The van der Waals surface area contributed by atoms with Gasteiger partial charge >= 0.3 is 12.1 Å². The summed E-state index contributed by atoms with van der Waals surface area (Å²) in [6.07, 6.45) is -4.58. The molecule has 118 valence electrons. The van der Waals surface area contributed by atoms with Crippen LogP contribution in [-0.2, 0) is 26.6 Å². The fourth-order valence-corrected chi connectivity index (χ4v) is 3.97. The number of hydrogen-bond donors (Lipinski definition) is 1. The molecular formula is C13H15F3O4S. The van der Waals surface area contributed by atoms with E-state index < -0.39 is 44.5 Å². The highest BCUT2D eigenvalue weighted by Gasteiger charge is 2.36. The summed E-state index contributed by atoms with van der Waals surface area (Å²) in [7, 11) is -4.10. The SMILES string of the molecule is CC(C)C(C(=O)O)S(=O)(=O)Cc1cccc(C(F)(F)F)c1. The standard InChI is InChI=1S/C13H15F3O4S/c1-8(2)11(12(17)18)21(19,20)7-9-4-3-5-10(6-9)13(14,15)16/h3-6,8,11H,7H2,1-2H3,(H,17,18). The molecule has 0 fully saturated rings. The molecule has 1 aromatic rings. The largest absolute Gasteiger partial charge is 0.480 e. The van der Waals surface area contributed by atoms with Gasteiger partial charge in [-0.15, -0.1) is 0 Å². The van der Waals surface area contributed by atoms with Crippen LogP contribution in [0.2, 0.25) is 0 Å². The maximum Gasteiger partial charge on any atom is 0.416 e. The Morgan fingerprint density at radius 2 is 1.86 bits per heavy atom. The predicted octanol–water partition coefficient (Wildman–Crippen LogP) is 2.73. The number of rotatable bonds is 5. The van der Waals surface area contributed by atoms with Crippen molar-refractivity contribution >= 4 is 15.8 Å². The van der Waals surface area contributed by atoms with Gasteiger partial charge in [0.25, 0.3) is 0 Å². The van der Waals surface area contributed by atoms with E-state index in [1.807, 2.05) is 0 Å². The van der Waals surface area contributed by atoms with Crippen LogP contribution in [0.4, 0.5) is 13.2 Å². The number of carboxylic acid groups (broad SMARTS) is 1. The van der Waals surface area contributed by atoms with E-state index in [9.17, 15) is 26.4 Å². The van der Waals surface area contributed by atoms with Crippen molar-refractivity contribution in [3.63, 3.8) is 0 Å². The Labute approximate surface area is 120 Å². The molecule has 0 aliphatic heterocycles. The Bertz CT molecular complexity index is 621. The Morgan fingerprint density at radius 3 is 2.29 bits per heavy atom. The average molecular weight is 324 g/mol. The highest BCUT2D eigenvalue weighted by atomic mass is 32.2. The monoisotopic (exact) mass is 324 g/mol. The van der Waals surface area contributed by atoms with E-state index in [1.54, 1.807) is 0 Å². The molecule has 0 aromatic heterocycles. The molecule has 0 amide bonds. The van der Waals surface area contributed by atoms with Crippen LogP contribution < -0.4 is 0 Å². The van der Waals surface area contributed by atoms with Crippen molar-refractivity contribution in [2.75, 3.05) is 0 Å². The second kappa shape index (κ2) is 6.05. The van der Waals surface area contributed by atoms with Crippen LogP contribution in [0.3, 0.4) is 0 Å². The summed E-state index contributed by atoms with van der Waals surface area (Å²) in [6, 6.07) is 3.87. The molecule has 1 N–H and O–H groups in total. The zero-order valence-corrected chi connectivity index (χ0v) is 12.2. The van der Waals surface area contributed by atoms with E-state index in [0.29, 0.717) is 0 Å². The molecule has 0 aliphatic rings. The van der Waals surface area contributed by atoms with Crippen molar-refractivity contribution in [2.24, 2.45) is 5.92 Å². The molecule has 0 spiro atoms. The minimum absolute atomic E-state index is 0.0864. The summed E-state index contributed by atoms with van der Waals surface area (Å²) >= 11 is 0.